The molecular weight excluding hydrogens is 436 g/mol. The maximum atomic E-state index is 14.0. The van der Waals surface area contributed by atoms with Crippen LogP contribution in [0.15, 0.2) is 54.9 Å². The van der Waals surface area contributed by atoms with Crippen molar-refractivity contribution in [2.45, 2.75) is 39.0 Å². The minimum atomic E-state index is -4.53. The van der Waals surface area contributed by atoms with Gasteiger partial charge in [-0.25, -0.2) is 9.37 Å². The van der Waals surface area contributed by atoms with Crippen molar-refractivity contribution < 1.29 is 22.4 Å². The molecule has 174 valence electrons. The number of rotatable bonds is 4. The number of hydrogen-bond donors (Lipinski definition) is 1. The molecule has 0 radical (unpaired) electrons. The van der Waals surface area contributed by atoms with E-state index < -0.39 is 23.9 Å². The Balaban J connectivity index is 0.00000149. The van der Waals surface area contributed by atoms with E-state index in [1.54, 1.807) is 12.1 Å². The maximum Gasteiger partial charge on any atom is 0.408 e. The van der Waals surface area contributed by atoms with Crippen molar-refractivity contribution in [2.24, 2.45) is 5.73 Å². The van der Waals surface area contributed by atoms with Gasteiger partial charge in [-0.2, -0.15) is 13.2 Å². The number of amides is 1. The summed E-state index contributed by atoms with van der Waals surface area (Å²) in [7, 11) is 0. The lowest BCUT2D eigenvalue weighted by molar-refractivity contribution is -0.189. The summed E-state index contributed by atoms with van der Waals surface area (Å²) >= 11 is 0. The number of fused-ring (bicyclic) bond motifs is 1. The molecule has 4 rings (SSSR count). The molecule has 1 aliphatic heterocycles. The number of primary amides is 1. The van der Waals surface area contributed by atoms with Crippen molar-refractivity contribution in [3.8, 4) is 11.1 Å². The average Bonchev–Trinajstić information content (AvgIpc) is 2.80. The highest BCUT2D eigenvalue weighted by molar-refractivity contribution is 5.92. The van der Waals surface area contributed by atoms with Gasteiger partial charge in [-0.1, -0.05) is 32.0 Å². The Morgan fingerprint density at radius 1 is 1.15 bits per heavy atom. The van der Waals surface area contributed by atoms with Gasteiger partial charge in [-0.15, -0.1) is 0 Å². The van der Waals surface area contributed by atoms with Gasteiger partial charge in [0.15, 0.2) is 0 Å². The van der Waals surface area contributed by atoms with Gasteiger partial charge in [0, 0.05) is 25.5 Å². The van der Waals surface area contributed by atoms with Crippen molar-refractivity contribution in [3.63, 3.8) is 0 Å². The van der Waals surface area contributed by atoms with Crippen molar-refractivity contribution in [2.75, 3.05) is 6.54 Å². The van der Waals surface area contributed by atoms with E-state index >= 15 is 0 Å². The zero-order chi connectivity index (χ0) is 24.2. The monoisotopic (exact) mass is 460 g/mol. The summed E-state index contributed by atoms with van der Waals surface area (Å²) in [5.74, 6) is -1.21. The molecule has 3 aromatic rings. The van der Waals surface area contributed by atoms with E-state index in [0.29, 0.717) is 16.8 Å². The van der Waals surface area contributed by atoms with Crippen LogP contribution in [0.25, 0.3) is 11.1 Å². The largest absolute Gasteiger partial charge is 0.408 e. The summed E-state index contributed by atoms with van der Waals surface area (Å²) in [6.45, 7) is 4.00. The normalized spacial score (nSPS) is 14.6. The van der Waals surface area contributed by atoms with E-state index in [9.17, 15) is 22.4 Å². The molecule has 33 heavy (non-hydrogen) atoms. The summed E-state index contributed by atoms with van der Waals surface area (Å²) in [6.07, 6.45) is -1.63. The Labute approximate surface area is 189 Å². The molecule has 9 heteroatoms. The first-order valence-electron chi connectivity index (χ1n) is 10.5. The van der Waals surface area contributed by atoms with Gasteiger partial charge in [0.25, 0.3) is 5.91 Å². The molecule has 0 aliphatic carbocycles. The molecule has 1 unspecified atom stereocenters. The number of pyridine rings is 2. The summed E-state index contributed by atoms with van der Waals surface area (Å²) in [4.78, 5) is 21.2. The molecule has 1 atom stereocenters. The lowest BCUT2D eigenvalue weighted by Gasteiger charge is -2.36. The molecule has 2 N–H and O–H groups in total. The number of benzene rings is 1. The topological polar surface area (TPSA) is 72.1 Å². The molecule has 3 heterocycles. The lowest BCUT2D eigenvalue weighted by atomic mass is 9.92. The zero-order valence-corrected chi connectivity index (χ0v) is 18.2. The summed E-state index contributed by atoms with van der Waals surface area (Å²) in [6, 6.07) is 8.16. The van der Waals surface area contributed by atoms with E-state index in [1.165, 1.54) is 47.6 Å². The predicted molar refractivity (Wildman–Crippen MR) is 117 cm³/mol. The van der Waals surface area contributed by atoms with Crippen LogP contribution in [0.5, 0.6) is 0 Å². The lowest BCUT2D eigenvalue weighted by Crippen LogP contribution is -2.42. The average molecular weight is 460 g/mol. The van der Waals surface area contributed by atoms with Crippen LogP contribution >= 0.6 is 0 Å². The number of alkyl halides is 3. The molecule has 5 nitrogen and oxygen atoms in total. The van der Waals surface area contributed by atoms with Crippen molar-refractivity contribution in [3.05, 3.63) is 83.2 Å². The third-order valence-corrected chi connectivity index (χ3v) is 5.29. The van der Waals surface area contributed by atoms with Crippen LogP contribution in [-0.4, -0.2) is 33.5 Å². The minimum Gasteiger partial charge on any atom is -0.364 e. The summed E-state index contributed by atoms with van der Waals surface area (Å²) < 4.78 is 55.2. The van der Waals surface area contributed by atoms with Gasteiger partial charge in [-0.05, 0) is 52.9 Å². The van der Waals surface area contributed by atoms with E-state index in [-0.39, 0.29) is 30.8 Å². The number of hydrogen-bond acceptors (Lipinski definition) is 4. The number of nitrogens with zero attached hydrogens (tertiary/aromatic N) is 3. The zero-order valence-electron chi connectivity index (χ0n) is 18.2. The fraction of sp³-hybridized carbons (Fsp3) is 0.292. The first-order chi connectivity index (χ1) is 15.7. The summed E-state index contributed by atoms with van der Waals surface area (Å²) in [5, 5.41) is 0. The summed E-state index contributed by atoms with van der Waals surface area (Å²) in [5.41, 5.74) is 7.71. The van der Waals surface area contributed by atoms with Crippen LogP contribution in [0.2, 0.25) is 0 Å². The molecule has 1 aromatic carbocycles. The second-order valence-corrected chi connectivity index (χ2v) is 7.30. The molecule has 0 fully saturated rings. The molecule has 2 aromatic heterocycles. The van der Waals surface area contributed by atoms with Gasteiger partial charge in [0.2, 0.25) is 0 Å². The van der Waals surface area contributed by atoms with Gasteiger partial charge < -0.3 is 5.73 Å². The van der Waals surface area contributed by atoms with E-state index in [0.717, 1.165) is 5.56 Å². The van der Waals surface area contributed by atoms with Crippen molar-refractivity contribution >= 4 is 5.91 Å². The Hall–Kier alpha value is -3.33. The van der Waals surface area contributed by atoms with Crippen LogP contribution in [0, 0.1) is 5.82 Å². The Kier molecular flexibility index (Phi) is 7.43. The molecule has 1 amide bonds. The molecule has 1 aliphatic rings. The number of aromatic nitrogens is 2. The molecule has 0 saturated carbocycles. The second kappa shape index (κ2) is 10.1. The second-order valence-electron chi connectivity index (χ2n) is 7.30. The predicted octanol–water partition coefficient (Wildman–Crippen LogP) is 5.07. The van der Waals surface area contributed by atoms with Gasteiger partial charge in [-0.3, -0.25) is 14.7 Å². The first-order valence-corrected chi connectivity index (χ1v) is 10.5. The Morgan fingerprint density at radius 3 is 2.42 bits per heavy atom. The van der Waals surface area contributed by atoms with Crippen LogP contribution in [0.4, 0.5) is 17.6 Å². The van der Waals surface area contributed by atoms with E-state index in [1.807, 2.05) is 13.8 Å². The Morgan fingerprint density at radius 2 is 1.85 bits per heavy atom. The standard InChI is InChI=1S/C22H18F4N4O.C2H6/c23-15-5-3-13(4-6-15)17-10-18(21(27)31)29-19-12-30(9-7-16(17)19)20(22(24,25)26)14-2-1-8-28-11-14;1-2/h1-6,8,10-11,20H,7,9,12H2,(H2,27,31);1-2H3. The van der Waals surface area contributed by atoms with Gasteiger partial charge in [0.1, 0.15) is 17.6 Å². The highest BCUT2D eigenvalue weighted by Crippen LogP contribution is 2.40. The highest BCUT2D eigenvalue weighted by Gasteiger charge is 2.46. The number of halogens is 4. The SMILES string of the molecule is CC.NC(=O)c1cc(-c2ccc(F)cc2)c2c(n1)CN(C(c1cccnc1)C(F)(F)F)CC2. The third-order valence-electron chi connectivity index (χ3n) is 5.29. The highest BCUT2D eigenvalue weighted by atomic mass is 19.4. The van der Waals surface area contributed by atoms with E-state index in [4.69, 9.17) is 5.73 Å². The Bertz CT molecular complexity index is 1100. The fourth-order valence-electron chi connectivity index (χ4n) is 3.94. The van der Waals surface area contributed by atoms with Gasteiger partial charge in [0.05, 0.1) is 5.69 Å². The quantitative estimate of drug-likeness (QED) is 0.552. The minimum absolute atomic E-state index is 0.0308. The van der Waals surface area contributed by atoms with Crippen LogP contribution in [0.1, 0.15) is 47.2 Å². The van der Waals surface area contributed by atoms with Crippen LogP contribution in [-0.2, 0) is 13.0 Å². The number of nitrogens with two attached hydrogens (primary N) is 1. The molecule has 0 spiro atoms. The number of carbonyl (C=O) groups excluding carboxylic acids is 1. The first kappa shape index (κ1) is 24.3. The maximum absolute atomic E-state index is 14.0. The number of carbonyl (C=O) groups is 1. The smallest absolute Gasteiger partial charge is 0.364 e. The molecule has 0 bridgehead atoms. The fourth-order valence-corrected chi connectivity index (χ4v) is 3.94. The molecular formula is C24H24F4N4O. The van der Waals surface area contributed by atoms with Crippen LogP contribution in [0.3, 0.4) is 0 Å². The third kappa shape index (κ3) is 5.36. The molecule has 0 saturated heterocycles. The van der Waals surface area contributed by atoms with Crippen molar-refractivity contribution in [1.29, 1.82) is 0 Å². The van der Waals surface area contributed by atoms with Crippen LogP contribution < -0.4 is 5.73 Å². The van der Waals surface area contributed by atoms with Crippen molar-refractivity contribution in [1.82, 2.24) is 14.9 Å². The van der Waals surface area contributed by atoms with E-state index in [2.05, 4.69) is 9.97 Å². The van der Waals surface area contributed by atoms with Gasteiger partial charge >= 0.3 is 6.18 Å².